The molecule has 0 unspecified atom stereocenters. The van der Waals surface area contributed by atoms with Gasteiger partial charge in [0.05, 0.1) is 6.42 Å². The van der Waals surface area contributed by atoms with Crippen LogP contribution in [0.2, 0.25) is 0 Å². The number of thiazole rings is 1. The fourth-order valence-corrected chi connectivity index (χ4v) is 2.40. The highest BCUT2D eigenvalue weighted by Gasteiger charge is 2.17. The molecule has 1 aliphatic rings. The summed E-state index contributed by atoms with van der Waals surface area (Å²) < 4.78 is 0. The van der Waals surface area contributed by atoms with Gasteiger partial charge in [-0.25, -0.2) is 4.98 Å². The molecule has 1 aromatic rings. The Morgan fingerprint density at radius 1 is 1.47 bits per heavy atom. The average molecular weight is 298 g/mol. The molecule has 0 saturated carbocycles. The number of piperazine rings is 1. The van der Waals surface area contributed by atoms with Crippen molar-refractivity contribution in [2.45, 2.75) is 13.3 Å². The van der Waals surface area contributed by atoms with Gasteiger partial charge in [0, 0.05) is 37.3 Å². The lowest BCUT2D eigenvalue weighted by atomic mass is 10.3. The fourth-order valence-electron chi connectivity index (χ4n) is 1.64. The van der Waals surface area contributed by atoms with Gasteiger partial charge in [0.25, 0.3) is 0 Å². The Hall–Kier alpha value is -0.360. The van der Waals surface area contributed by atoms with Crippen LogP contribution in [0.25, 0.3) is 0 Å². The predicted octanol–water partition coefficient (Wildman–Crippen LogP) is 1.27. The summed E-state index contributed by atoms with van der Waals surface area (Å²) in [6.45, 7) is 5.41. The topological polar surface area (TPSA) is 45.2 Å². The molecule has 0 atom stereocenters. The van der Waals surface area contributed by atoms with Gasteiger partial charge in [0.15, 0.2) is 0 Å². The molecule has 0 bridgehead atoms. The summed E-state index contributed by atoms with van der Waals surface area (Å²) in [7, 11) is 0. The summed E-state index contributed by atoms with van der Waals surface area (Å²) in [4.78, 5) is 18.1. The summed E-state index contributed by atoms with van der Waals surface area (Å²) in [6.07, 6.45) is 0.457. The van der Waals surface area contributed by atoms with Crippen LogP contribution in [-0.4, -0.2) is 42.0 Å². The lowest BCUT2D eigenvalue weighted by Gasteiger charge is -2.27. The molecule has 17 heavy (non-hydrogen) atoms. The van der Waals surface area contributed by atoms with E-state index in [0.29, 0.717) is 6.42 Å². The van der Waals surface area contributed by atoms with E-state index in [1.165, 1.54) is 0 Å². The first-order valence-electron chi connectivity index (χ1n) is 5.15. The van der Waals surface area contributed by atoms with E-state index in [9.17, 15) is 4.79 Å². The number of nitrogens with one attached hydrogen (secondary N) is 1. The Morgan fingerprint density at radius 2 is 2.12 bits per heavy atom. The van der Waals surface area contributed by atoms with Gasteiger partial charge in [-0.1, -0.05) is 0 Å². The third kappa shape index (κ3) is 4.79. The Bertz CT molecular complexity index is 353. The molecule has 0 spiro atoms. The van der Waals surface area contributed by atoms with E-state index in [-0.39, 0.29) is 30.7 Å². The Labute approximate surface area is 118 Å². The quantitative estimate of drug-likeness (QED) is 0.894. The molecule has 4 nitrogen and oxygen atoms in total. The van der Waals surface area contributed by atoms with E-state index in [1.807, 2.05) is 17.2 Å². The molecule has 0 aromatic carbocycles. The van der Waals surface area contributed by atoms with Crippen molar-refractivity contribution in [3.8, 4) is 0 Å². The zero-order chi connectivity index (χ0) is 10.7. The van der Waals surface area contributed by atoms with Crippen molar-refractivity contribution >= 4 is 42.1 Å². The molecular formula is C10H17Cl2N3OS. The van der Waals surface area contributed by atoms with E-state index in [1.54, 1.807) is 11.3 Å². The van der Waals surface area contributed by atoms with E-state index in [0.717, 1.165) is 36.9 Å². The lowest BCUT2D eigenvalue weighted by Crippen LogP contribution is -2.46. The summed E-state index contributed by atoms with van der Waals surface area (Å²) in [5.41, 5.74) is 1.00. The number of halogens is 2. The van der Waals surface area contributed by atoms with Crippen molar-refractivity contribution in [3.05, 3.63) is 16.1 Å². The Balaban J connectivity index is 0.00000128. The second kappa shape index (κ2) is 7.87. The first kappa shape index (κ1) is 16.6. The predicted molar refractivity (Wildman–Crippen MR) is 74.5 cm³/mol. The maximum absolute atomic E-state index is 11.8. The van der Waals surface area contributed by atoms with Gasteiger partial charge in [0.2, 0.25) is 5.91 Å². The third-order valence-electron chi connectivity index (χ3n) is 2.44. The van der Waals surface area contributed by atoms with Crippen LogP contribution in [0.3, 0.4) is 0 Å². The molecule has 1 saturated heterocycles. The normalized spacial score (nSPS) is 14.8. The van der Waals surface area contributed by atoms with Crippen LogP contribution in [0.5, 0.6) is 0 Å². The molecule has 1 N–H and O–H groups in total. The summed E-state index contributed by atoms with van der Waals surface area (Å²) in [5, 5.41) is 6.14. The highest BCUT2D eigenvalue weighted by Crippen LogP contribution is 2.10. The fraction of sp³-hybridized carbons (Fsp3) is 0.600. The first-order chi connectivity index (χ1) is 7.25. The van der Waals surface area contributed by atoms with Gasteiger partial charge in [-0.15, -0.1) is 36.2 Å². The number of carbonyl (C=O) groups is 1. The lowest BCUT2D eigenvalue weighted by molar-refractivity contribution is -0.131. The minimum atomic E-state index is 0. The number of hydrogen-bond acceptors (Lipinski definition) is 4. The molecule has 0 radical (unpaired) electrons. The molecule has 1 fully saturated rings. The van der Waals surface area contributed by atoms with Crippen LogP contribution in [0.15, 0.2) is 5.38 Å². The minimum Gasteiger partial charge on any atom is -0.340 e. The SMILES string of the molecule is Cc1csc(CC(=O)N2CCNCC2)n1.Cl.Cl. The molecule has 2 heterocycles. The Morgan fingerprint density at radius 3 is 2.65 bits per heavy atom. The number of nitrogens with zero attached hydrogens (tertiary/aromatic N) is 2. The van der Waals surface area contributed by atoms with Crippen LogP contribution >= 0.6 is 36.2 Å². The van der Waals surface area contributed by atoms with Crippen molar-refractivity contribution in [1.29, 1.82) is 0 Å². The van der Waals surface area contributed by atoms with Gasteiger partial charge >= 0.3 is 0 Å². The van der Waals surface area contributed by atoms with E-state index in [2.05, 4.69) is 10.3 Å². The summed E-state index contributed by atoms with van der Waals surface area (Å²) in [5.74, 6) is 0.200. The smallest absolute Gasteiger partial charge is 0.229 e. The number of aromatic nitrogens is 1. The largest absolute Gasteiger partial charge is 0.340 e. The van der Waals surface area contributed by atoms with Crippen molar-refractivity contribution in [2.75, 3.05) is 26.2 Å². The summed E-state index contributed by atoms with van der Waals surface area (Å²) in [6, 6.07) is 0. The van der Waals surface area contributed by atoms with Crippen molar-refractivity contribution < 1.29 is 4.79 Å². The highest BCUT2D eigenvalue weighted by molar-refractivity contribution is 7.09. The van der Waals surface area contributed by atoms with Crippen molar-refractivity contribution in [3.63, 3.8) is 0 Å². The maximum atomic E-state index is 11.8. The molecule has 0 aliphatic carbocycles. The third-order valence-corrected chi connectivity index (χ3v) is 3.41. The molecule has 98 valence electrons. The Kier molecular flexibility index (Phi) is 7.70. The monoisotopic (exact) mass is 297 g/mol. The minimum absolute atomic E-state index is 0. The molecule has 7 heteroatoms. The van der Waals surface area contributed by atoms with Crippen LogP contribution in [-0.2, 0) is 11.2 Å². The maximum Gasteiger partial charge on any atom is 0.229 e. The number of rotatable bonds is 2. The standard InChI is InChI=1S/C10H15N3OS.2ClH/c1-8-7-15-9(12-8)6-10(14)13-4-2-11-3-5-13;;/h7,11H,2-6H2,1H3;2*1H. The molecule has 1 aromatic heterocycles. The van der Waals surface area contributed by atoms with Gasteiger partial charge in [-0.05, 0) is 6.92 Å². The number of amides is 1. The van der Waals surface area contributed by atoms with Gasteiger partial charge in [0.1, 0.15) is 5.01 Å². The molecule has 1 amide bonds. The van der Waals surface area contributed by atoms with Crippen LogP contribution in [0.1, 0.15) is 10.7 Å². The zero-order valence-corrected chi connectivity index (χ0v) is 12.1. The summed E-state index contributed by atoms with van der Waals surface area (Å²) >= 11 is 1.57. The van der Waals surface area contributed by atoms with Crippen molar-refractivity contribution in [2.24, 2.45) is 0 Å². The van der Waals surface area contributed by atoms with E-state index < -0.39 is 0 Å². The van der Waals surface area contributed by atoms with E-state index in [4.69, 9.17) is 0 Å². The van der Waals surface area contributed by atoms with Gasteiger partial charge in [-0.2, -0.15) is 0 Å². The number of carbonyl (C=O) groups excluding carboxylic acids is 1. The molecular weight excluding hydrogens is 281 g/mol. The van der Waals surface area contributed by atoms with Gasteiger partial charge in [-0.3, -0.25) is 4.79 Å². The highest BCUT2D eigenvalue weighted by atomic mass is 35.5. The van der Waals surface area contributed by atoms with Crippen LogP contribution in [0, 0.1) is 6.92 Å². The molecule has 2 rings (SSSR count). The zero-order valence-electron chi connectivity index (χ0n) is 9.64. The number of aryl methyl sites for hydroxylation is 1. The van der Waals surface area contributed by atoms with Crippen molar-refractivity contribution in [1.82, 2.24) is 15.2 Å². The number of hydrogen-bond donors (Lipinski definition) is 1. The first-order valence-corrected chi connectivity index (χ1v) is 6.03. The molecule has 1 aliphatic heterocycles. The average Bonchev–Trinajstić information content (AvgIpc) is 2.65. The van der Waals surface area contributed by atoms with Crippen LogP contribution < -0.4 is 5.32 Å². The van der Waals surface area contributed by atoms with Gasteiger partial charge < -0.3 is 10.2 Å². The van der Waals surface area contributed by atoms with Crippen LogP contribution in [0.4, 0.5) is 0 Å². The van der Waals surface area contributed by atoms with E-state index >= 15 is 0 Å². The second-order valence-corrected chi connectivity index (χ2v) is 4.63. The second-order valence-electron chi connectivity index (χ2n) is 3.69.